The largest absolute Gasteiger partial charge is 0.480 e. The van der Waals surface area contributed by atoms with Crippen LogP contribution in [0.5, 0.6) is 0 Å². The molecule has 3 rings (SSSR count). The molecule has 0 saturated carbocycles. The fourth-order valence-electron chi connectivity index (χ4n) is 2.59. The summed E-state index contributed by atoms with van der Waals surface area (Å²) >= 11 is 0. The number of carbonyl (C=O) groups is 1. The normalized spacial score (nSPS) is 15.6. The standard InChI is InChI=1S/C16H19N5O2/c1-12-2-4-13(5-3-12)14-10-17-19-16(18-14)21-8-6-20(7-9-21)11-15(22)23/h2-5,10H,6-9,11H2,1H3,(H,22,23). The first-order chi connectivity index (χ1) is 11.1. The van der Waals surface area contributed by atoms with Crippen molar-refractivity contribution in [3.8, 4) is 11.3 Å². The maximum absolute atomic E-state index is 10.8. The highest BCUT2D eigenvalue weighted by Gasteiger charge is 2.21. The SMILES string of the molecule is Cc1ccc(-c2cnnc(N3CCN(CC(=O)O)CC3)n2)cc1. The number of rotatable bonds is 4. The molecule has 0 bridgehead atoms. The number of aromatic nitrogens is 3. The van der Waals surface area contributed by atoms with E-state index in [0.717, 1.165) is 11.3 Å². The van der Waals surface area contributed by atoms with E-state index in [1.54, 1.807) is 6.20 Å². The average Bonchev–Trinajstić information content (AvgIpc) is 2.56. The van der Waals surface area contributed by atoms with Gasteiger partial charge in [0.1, 0.15) is 0 Å². The Bertz CT molecular complexity index is 681. The van der Waals surface area contributed by atoms with Crippen LogP contribution >= 0.6 is 0 Å². The first-order valence-corrected chi connectivity index (χ1v) is 7.58. The van der Waals surface area contributed by atoms with Crippen LogP contribution in [0.1, 0.15) is 5.56 Å². The third-order valence-corrected chi connectivity index (χ3v) is 3.91. The van der Waals surface area contributed by atoms with Crippen molar-refractivity contribution < 1.29 is 9.90 Å². The van der Waals surface area contributed by atoms with Crippen LogP contribution in [0, 0.1) is 6.92 Å². The van der Waals surface area contributed by atoms with Gasteiger partial charge in [0, 0.05) is 31.7 Å². The summed E-state index contributed by atoms with van der Waals surface area (Å²) in [5.74, 6) is -0.198. The van der Waals surface area contributed by atoms with E-state index in [4.69, 9.17) is 5.11 Å². The van der Waals surface area contributed by atoms with Crippen molar-refractivity contribution in [3.63, 3.8) is 0 Å². The number of aryl methyl sites for hydroxylation is 1. The maximum atomic E-state index is 10.8. The Balaban J connectivity index is 1.71. The number of aliphatic carboxylic acids is 1. The highest BCUT2D eigenvalue weighted by Crippen LogP contribution is 2.19. The quantitative estimate of drug-likeness (QED) is 0.903. The molecular weight excluding hydrogens is 294 g/mol. The second-order valence-corrected chi connectivity index (χ2v) is 5.66. The molecule has 1 fully saturated rings. The van der Waals surface area contributed by atoms with Crippen molar-refractivity contribution in [1.29, 1.82) is 0 Å². The Morgan fingerprint density at radius 3 is 2.52 bits per heavy atom. The van der Waals surface area contributed by atoms with Gasteiger partial charge in [-0.25, -0.2) is 4.98 Å². The molecule has 1 N–H and O–H groups in total. The van der Waals surface area contributed by atoms with E-state index in [1.165, 1.54) is 5.56 Å². The molecule has 1 aliphatic rings. The van der Waals surface area contributed by atoms with E-state index in [2.05, 4.69) is 15.2 Å². The van der Waals surface area contributed by atoms with Crippen LogP contribution in [0.15, 0.2) is 30.5 Å². The number of piperazine rings is 1. The van der Waals surface area contributed by atoms with Crippen molar-refractivity contribution in [2.24, 2.45) is 0 Å². The molecule has 1 aromatic carbocycles. The molecule has 2 heterocycles. The van der Waals surface area contributed by atoms with Crippen molar-refractivity contribution in [2.45, 2.75) is 6.92 Å². The molecule has 0 unspecified atom stereocenters. The molecule has 1 aromatic heterocycles. The molecule has 1 saturated heterocycles. The minimum absolute atomic E-state index is 0.0797. The van der Waals surface area contributed by atoms with Crippen molar-refractivity contribution in [2.75, 3.05) is 37.6 Å². The van der Waals surface area contributed by atoms with E-state index in [1.807, 2.05) is 41.0 Å². The van der Waals surface area contributed by atoms with E-state index in [9.17, 15) is 4.79 Å². The Labute approximate surface area is 134 Å². The van der Waals surface area contributed by atoms with Gasteiger partial charge in [0.2, 0.25) is 5.95 Å². The fourth-order valence-corrected chi connectivity index (χ4v) is 2.59. The van der Waals surface area contributed by atoms with Crippen LogP contribution in [-0.4, -0.2) is 63.9 Å². The summed E-state index contributed by atoms with van der Waals surface area (Å²) in [6, 6.07) is 8.13. The monoisotopic (exact) mass is 313 g/mol. The lowest BCUT2D eigenvalue weighted by Gasteiger charge is -2.33. The van der Waals surface area contributed by atoms with Gasteiger partial charge in [0.15, 0.2) is 0 Å². The number of carboxylic acid groups (broad SMARTS) is 1. The van der Waals surface area contributed by atoms with Gasteiger partial charge in [0.25, 0.3) is 0 Å². The van der Waals surface area contributed by atoms with Gasteiger partial charge in [-0.3, -0.25) is 9.69 Å². The second kappa shape index (κ2) is 6.70. The number of anilines is 1. The second-order valence-electron chi connectivity index (χ2n) is 5.66. The Morgan fingerprint density at radius 2 is 1.87 bits per heavy atom. The van der Waals surface area contributed by atoms with Crippen molar-refractivity contribution in [1.82, 2.24) is 20.1 Å². The first kappa shape index (κ1) is 15.4. The van der Waals surface area contributed by atoms with Crippen LogP contribution in [0.25, 0.3) is 11.3 Å². The molecule has 0 amide bonds. The zero-order valence-electron chi connectivity index (χ0n) is 13.0. The van der Waals surface area contributed by atoms with E-state index < -0.39 is 5.97 Å². The Hall–Kier alpha value is -2.54. The molecule has 7 heteroatoms. The highest BCUT2D eigenvalue weighted by atomic mass is 16.4. The molecule has 0 aliphatic carbocycles. The van der Waals surface area contributed by atoms with Crippen molar-refractivity contribution in [3.05, 3.63) is 36.0 Å². The van der Waals surface area contributed by atoms with Crippen LogP contribution in [0.4, 0.5) is 5.95 Å². The topological polar surface area (TPSA) is 82.5 Å². The van der Waals surface area contributed by atoms with Gasteiger partial charge < -0.3 is 10.0 Å². The molecule has 7 nitrogen and oxygen atoms in total. The lowest BCUT2D eigenvalue weighted by atomic mass is 10.1. The van der Waals surface area contributed by atoms with Gasteiger partial charge in [-0.2, -0.15) is 5.10 Å². The summed E-state index contributed by atoms with van der Waals surface area (Å²) in [4.78, 5) is 19.3. The van der Waals surface area contributed by atoms with Crippen LogP contribution in [0.3, 0.4) is 0 Å². The Kier molecular flexibility index (Phi) is 4.47. The maximum Gasteiger partial charge on any atom is 0.317 e. The highest BCUT2D eigenvalue weighted by molar-refractivity contribution is 5.69. The zero-order chi connectivity index (χ0) is 16.2. The zero-order valence-corrected chi connectivity index (χ0v) is 13.0. The smallest absolute Gasteiger partial charge is 0.317 e. The first-order valence-electron chi connectivity index (χ1n) is 7.58. The minimum atomic E-state index is -0.794. The molecule has 0 atom stereocenters. The average molecular weight is 313 g/mol. The van der Waals surface area contributed by atoms with Gasteiger partial charge >= 0.3 is 5.97 Å². The van der Waals surface area contributed by atoms with Gasteiger partial charge in [0.05, 0.1) is 18.4 Å². The summed E-state index contributed by atoms with van der Waals surface area (Å²) < 4.78 is 0. The number of hydrogen-bond acceptors (Lipinski definition) is 6. The molecule has 0 radical (unpaired) electrons. The van der Waals surface area contributed by atoms with E-state index in [0.29, 0.717) is 32.1 Å². The van der Waals surface area contributed by atoms with E-state index >= 15 is 0 Å². The summed E-state index contributed by atoms with van der Waals surface area (Å²) in [5.41, 5.74) is 3.00. The summed E-state index contributed by atoms with van der Waals surface area (Å²) in [7, 11) is 0. The van der Waals surface area contributed by atoms with E-state index in [-0.39, 0.29) is 6.54 Å². The number of benzene rings is 1. The molecule has 1 aliphatic heterocycles. The van der Waals surface area contributed by atoms with Gasteiger partial charge in [-0.05, 0) is 6.92 Å². The lowest BCUT2D eigenvalue weighted by Crippen LogP contribution is -2.48. The minimum Gasteiger partial charge on any atom is -0.480 e. The third kappa shape index (κ3) is 3.81. The summed E-state index contributed by atoms with van der Waals surface area (Å²) in [6.07, 6.45) is 1.66. The van der Waals surface area contributed by atoms with Crippen LogP contribution < -0.4 is 4.90 Å². The van der Waals surface area contributed by atoms with Crippen LogP contribution in [0.2, 0.25) is 0 Å². The van der Waals surface area contributed by atoms with Gasteiger partial charge in [-0.15, -0.1) is 5.10 Å². The summed E-state index contributed by atoms with van der Waals surface area (Å²) in [5, 5.41) is 17.0. The predicted molar refractivity (Wildman–Crippen MR) is 86.3 cm³/mol. The number of hydrogen-bond donors (Lipinski definition) is 1. The third-order valence-electron chi connectivity index (χ3n) is 3.91. The van der Waals surface area contributed by atoms with Crippen LogP contribution in [-0.2, 0) is 4.79 Å². The van der Waals surface area contributed by atoms with Crippen molar-refractivity contribution >= 4 is 11.9 Å². The fraction of sp³-hybridized carbons (Fsp3) is 0.375. The number of nitrogens with zero attached hydrogens (tertiary/aromatic N) is 5. The predicted octanol–water partition coefficient (Wildman–Crippen LogP) is 1.05. The van der Waals surface area contributed by atoms with Gasteiger partial charge in [-0.1, -0.05) is 29.8 Å². The summed E-state index contributed by atoms with van der Waals surface area (Å²) in [6.45, 7) is 4.90. The molecule has 2 aromatic rings. The molecule has 0 spiro atoms. The molecule has 23 heavy (non-hydrogen) atoms. The lowest BCUT2D eigenvalue weighted by molar-refractivity contribution is -0.138. The molecular formula is C16H19N5O2. The molecule has 120 valence electrons. The number of carboxylic acids is 1. The Morgan fingerprint density at radius 1 is 1.17 bits per heavy atom.